The Hall–Kier alpha value is -2.04. The van der Waals surface area contributed by atoms with E-state index < -0.39 is 0 Å². The molecule has 1 saturated heterocycles. The molecule has 0 bridgehead atoms. The highest BCUT2D eigenvalue weighted by Gasteiger charge is 2.36. The lowest BCUT2D eigenvalue weighted by Gasteiger charge is -2.25. The zero-order valence-corrected chi connectivity index (χ0v) is 10.7. The highest BCUT2D eigenvalue weighted by Crippen LogP contribution is 2.28. The van der Waals surface area contributed by atoms with Crippen LogP contribution >= 0.6 is 0 Å². The highest BCUT2D eigenvalue weighted by molar-refractivity contribution is 6.01. The summed E-state index contributed by atoms with van der Waals surface area (Å²) in [6.07, 6.45) is 2.68. The number of nitrogen functional groups attached to an aromatic ring is 1. The molecule has 2 aliphatic heterocycles. The van der Waals surface area contributed by atoms with Crippen LogP contribution in [0.5, 0.6) is 0 Å². The van der Waals surface area contributed by atoms with Crippen molar-refractivity contribution in [1.29, 1.82) is 0 Å². The number of fused-ring (bicyclic) bond motifs is 1. The number of anilines is 1. The van der Waals surface area contributed by atoms with Crippen molar-refractivity contribution in [2.45, 2.75) is 31.8 Å². The molecule has 100 valence electrons. The first-order valence-electron chi connectivity index (χ1n) is 6.64. The van der Waals surface area contributed by atoms with E-state index in [1.54, 1.807) is 17.0 Å². The van der Waals surface area contributed by atoms with Crippen LogP contribution in [0.25, 0.3) is 0 Å². The SMILES string of the molecule is Nc1ccc2c(c1)C(=O)N(C1CCCCNC1=O)C2. The first-order chi connectivity index (χ1) is 9.16. The van der Waals surface area contributed by atoms with Crippen molar-refractivity contribution in [2.24, 2.45) is 0 Å². The van der Waals surface area contributed by atoms with Crippen molar-refractivity contribution in [3.63, 3.8) is 0 Å². The van der Waals surface area contributed by atoms with Crippen LogP contribution in [0.15, 0.2) is 18.2 Å². The number of amides is 2. The smallest absolute Gasteiger partial charge is 0.255 e. The summed E-state index contributed by atoms with van der Waals surface area (Å²) in [7, 11) is 0. The van der Waals surface area contributed by atoms with Crippen LogP contribution in [0.1, 0.15) is 35.2 Å². The van der Waals surface area contributed by atoms with E-state index in [9.17, 15) is 9.59 Å². The quantitative estimate of drug-likeness (QED) is 0.736. The number of carbonyl (C=O) groups is 2. The van der Waals surface area contributed by atoms with Crippen molar-refractivity contribution >= 4 is 17.5 Å². The summed E-state index contributed by atoms with van der Waals surface area (Å²) >= 11 is 0. The lowest BCUT2D eigenvalue weighted by Crippen LogP contribution is -2.45. The molecule has 1 fully saturated rings. The summed E-state index contributed by atoms with van der Waals surface area (Å²) in [4.78, 5) is 26.1. The molecule has 0 saturated carbocycles. The van der Waals surface area contributed by atoms with Gasteiger partial charge in [-0.05, 0) is 37.0 Å². The van der Waals surface area contributed by atoms with Crippen molar-refractivity contribution in [3.05, 3.63) is 29.3 Å². The fourth-order valence-corrected chi connectivity index (χ4v) is 2.81. The second kappa shape index (κ2) is 4.57. The van der Waals surface area contributed by atoms with E-state index in [4.69, 9.17) is 5.73 Å². The van der Waals surface area contributed by atoms with Gasteiger partial charge in [0.15, 0.2) is 0 Å². The minimum atomic E-state index is -0.344. The lowest BCUT2D eigenvalue weighted by atomic mass is 10.1. The standard InChI is InChI=1S/C14H17N3O2/c15-10-5-4-9-8-17(14(19)11(9)7-10)12-3-1-2-6-16-13(12)18/h4-5,7,12H,1-3,6,8,15H2,(H,16,18). The second-order valence-electron chi connectivity index (χ2n) is 5.15. The van der Waals surface area contributed by atoms with E-state index in [1.165, 1.54) is 0 Å². The minimum absolute atomic E-state index is 0.0355. The third-order valence-electron chi connectivity index (χ3n) is 3.85. The number of nitrogens with two attached hydrogens (primary N) is 1. The van der Waals surface area contributed by atoms with Crippen molar-refractivity contribution in [3.8, 4) is 0 Å². The molecule has 3 N–H and O–H groups in total. The van der Waals surface area contributed by atoms with Crippen LogP contribution < -0.4 is 11.1 Å². The van der Waals surface area contributed by atoms with E-state index >= 15 is 0 Å². The zero-order valence-electron chi connectivity index (χ0n) is 10.7. The summed E-state index contributed by atoms with van der Waals surface area (Å²) in [6.45, 7) is 1.21. The summed E-state index contributed by atoms with van der Waals surface area (Å²) < 4.78 is 0. The van der Waals surface area contributed by atoms with Crippen LogP contribution in [0, 0.1) is 0 Å². The molecule has 2 heterocycles. The predicted molar refractivity (Wildman–Crippen MR) is 71.4 cm³/mol. The normalized spacial score (nSPS) is 22.9. The van der Waals surface area contributed by atoms with Crippen LogP contribution in [-0.2, 0) is 11.3 Å². The van der Waals surface area contributed by atoms with Crippen LogP contribution in [0.2, 0.25) is 0 Å². The van der Waals surface area contributed by atoms with Gasteiger partial charge < -0.3 is 16.0 Å². The van der Waals surface area contributed by atoms with Gasteiger partial charge in [-0.3, -0.25) is 9.59 Å². The number of rotatable bonds is 1. The first kappa shape index (κ1) is 12.0. The minimum Gasteiger partial charge on any atom is -0.399 e. The van der Waals surface area contributed by atoms with E-state index in [0.29, 0.717) is 24.3 Å². The molecule has 1 unspecified atom stereocenters. The molecule has 0 spiro atoms. The monoisotopic (exact) mass is 259 g/mol. The van der Waals surface area contributed by atoms with Crippen LogP contribution in [0.4, 0.5) is 5.69 Å². The average molecular weight is 259 g/mol. The van der Waals surface area contributed by atoms with Crippen LogP contribution in [-0.4, -0.2) is 29.3 Å². The number of nitrogens with one attached hydrogen (secondary N) is 1. The summed E-state index contributed by atoms with van der Waals surface area (Å²) in [5.74, 6) is -0.115. The summed E-state index contributed by atoms with van der Waals surface area (Å²) in [6, 6.07) is 5.02. The second-order valence-corrected chi connectivity index (χ2v) is 5.15. The number of nitrogens with zero attached hydrogens (tertiary/aromatic N) is 1. The zero-order chi connectivity index (χ0) is 13.4. The van der Waals surface area contributed by atoms with E-state index in [2.05, 4.69) is 5.32 Å². The fraction of sp³-hybridized carbons (Fsp3) is 0.429. The molecule has 2 aliphatic rings. The highest BCUT2D eigenvalue weighted by atomic mass is 16.2. The Labute approximate surface area is 111 Å². The Morgan fingerprint density at radius 3 is 2.95 bits per heavy atom. The molecular formula is C14H17N3O2. The molecule has 5 nitrogen and oxygen atoms in total. The largest absolute Gasteiger partial charge is 0.399 e. The maximum atomic E-state index is 12.4. The maximum Gasteiger partial charge on any atom is 0.255 e. The van der Waals surface area contributed by atoms with Crippen LogP contribution in [0.3, 0.4) is 0 Å². The van der Waals surface area contributed by atoms with Crippen molar-refractivity contribution in [1.82, 2.24) is 10.2 Å². The third-order valence-corrected chi connectivity index (χ3v) is 3.85. The third kappa shape index (κ3) is 2.05. The number of carbonyl (C=O) groups excluding carboxylic acids is 2. The molecule has 0 aliphatic carbocycles. The molecule has 3 rings (SSSR count). The average Bonchev–Trinajstić information content (AvgIpc) is 2.58. The summed E-state index contributed by atoms with van der Waals surface area (Å²) in [5.41, 5.74) is 7.89. The Morgan fingerprint density at radius 2 is 2.11 bits per heavy atom. The molecule has 1 aromatic rings. The molecule has 5 heteroatoms. The lowest BCUT2D eigenvalue weighted by molar-refractivity contribution is -0.125. The maximum absolute atomic E-state index is 12.4. The van der Waals surface area contributed by atoms with E-state index in [1.807, 2.05) is 6.07 Å². The molecule has 2 amide bonds. The molecular weight excluding hydrogens is 242 g/mol. The van der Waals surface area contributed by atoms with Gasteiger partial charge in [-0.15, -0.1) is 0 Å². The van der Waals surface area contributed by atoms with Gasteiger partial charge in [-0.25, -0.2) is 0 Å². The molecule has 1 atom stereocenters. The Bertz CT molecular complexity index is 541. The summed E-state index contributed by atoms with van der Waals surface area (Å²) in [5, 5.41) is 2.87. The predicted octanol–water partition coefficient (Wildman–Crippen LogP) is 0.893. The number of hydrogen-bond acceptors (Lipinski definition) is 3. The molecule has 19 heavy (non-hydrogen) atoms. The Morgan fingerprint density at radius 1 is 1.26 bits per heavy atom. The van der Waals surface area contributed by atoms with Gasteiger partial charge in [0.1, 0.15) is 6.04 Å². The number of benzene rings is 1. The molecule has 0 aromatic heterocycles. The first-order valence-corrected chi connectivity index (χ1v) is 6.64. The van der Waals surface area contributed by atoms with Gasteiger partial charge in [0, 0.05) is 24.3 Å². The molecule has 0 radical (unpaired) electrons. The van der Waals surface area contributed by atoms with Crippen molar-refractivity contribution in [2.75, 3.05) is 12.3 Å². The topological polar surface area (TPSA) is 75.4 Å². The van der Waals surface area contributed by atoms with E-state index in [-0.39, 0.29) is 17.9 Å². The Balaban J connectivity index is 1.88. The Kier molecular flexibility index (Phi) is 2.89. The molecule has 1 aromatic carbocycles. The van der Waals surface area contributed by atoms with E-state index in [0.717, 1.165) is 24.8 Å². The number of hydrogen-bond donors (Lipinski definition) is 2. The van der Waals surface area contributed by atoms with Gasteiger partial charge in [-0.1, -0.05) is 6.07 Å². The van der Waals surface area contributed by atoms with Gasteiger partial charge in [0.25, 0.3) is 5.91 Å². The van der Waals surface area contributed by atoms with Gasteiger partial charge in [-0.2, -0.15) is 0 Å². The fourth-order valence-electron chi connectivity index (χ4n) is 2.81. The van der Waals surface area contributed by atoms with Gasteiger partial charge >= 0.3 is 0 Å². The van der Waals surface area contributed by atoms with Gasteiger partial charge in [0.2, 0.25) is 5.91 Å². The van der Waals surface area contributed by atoms with Gasteiger partial charge in [0.05, 0.1) is 0 Å². The van der Waals surface area contributed by atoms with Crippen molar-refractivity contribution < 1.29 is 9.59 Å².